The van der Waals surface area contributed by atoms with Gasteiger partial charge in [0.2, 0.25) is 0 Å². The molecular weight excluding hydrogens is 1390 g/mol. The average molecular weight is 1470 g/mol. The molecule has 0 aliphatic carbocycles. The minimum absolute atomic E-state index is 0.0614. The first-order valence-corrected chi connectivity index (χ1v) is 36.1. The van der Waals surface area contributed by atoms with E-state index in [2.05, 4.69) is 36.6 Å². The van der Waals surface area contributed by atoms with Crippen molar-refractivity contribution in [3.05, 3.63) is 159 Å². The summed E-state index contributed by atoms with van der Waals surface area (Å²) in [5, 5.41) is 17.5. The number of rotatable bonds is 17. The Hall–Kier alpha value is -12.7. The van der Waals surface area contributed by atoms with Gasteiger partial charge in [0.15, 0.2) is 34.9 Å². The lowest BCUT2D eigenvalue weighted by Crippen LogP contribution is -2.44. The van der Waals surface area contributed by atoms with E-state index in [0.29, 0.717) is 185 Å². The number of nitrogens with zero attached hydrogens (tertiary/aromatic N) is 24. The number of aryl methyl sites for hydroxylation is 7. The van der Waals surface area contributed by atoms with Crippen molar-refractivity contribution in [3.8, 4) is 68.5 Å². The summed E-state index contributed by atoms with van der Waals surface area (Å²) in [7, 11) is 15.6. The zero-order valence-corrected chi connectivity index (χ0v) is 62.2. The standard InChI is InChI=1S/C77H78N24O8/c1-43-45-38-81-99(56(45)29-52(84-43)48-35-78-18-12-62(48)105-9)65-32-59-68(93(6)74(102)90(59)3)71(87-65)96-22-16-77(2,17-23-96)109-42-55-47-40-83-101(58(47)31-54(86-55)50-37-80-20-14-64(50)107-11)67-34-61-70(95(8)76(104)92(61)5)73(89-67)98-21-15-44(41-98)28-51-46-39-82-100(57(46)30-53(85-51)49-36-79-19-13-63(49)106-10)66-33-60-69(94(7)75(103)91(60)4)72(88-66)97-24-26-108-27-25-97/h12-14,18-20,29-40,44H,15-17,21-28,41-42H2,1-11H3. The number of anilines is 3. The van der Waals surface area contributed by atoms with Gasteiger partial charge in [-0.1, -0.05) is 0 Å². The fourth-order valence-corrected chi connectivity index (χ4v) is 16.1. The van der Waals surface area contributed by atoms with Crippen molar-refractivity contribution in [2.45, 2.75) is 51.7 Å². The summed E-state index contributed by atoms with van der Waals surface area (Å²) in [5.74, 6) is 5.43. The number of piperidine rings is 1. The van der Waals surface area contributed by atoms with E-state index in [9.17, 15) is 14.4 Å². The molecule has 15 aromatic heterocycles. The lowest BCUT2D eigenvalue weighted by Gasteiger charge is -2.40. The second-order valence-corrected chi connectivity index (χ2v) is 28.5. The first-order chi connectivity index (χ1) is 52.9. The van der Waals surface area contributed by atoms with Crippen LogP contribution in [0.15, 0.2) is 125 Å². The Morgan fingerprint density at radius 3 is 1.32 bits per heavy atom. The Morgan fingerprint density at radius 2 is 0.862 bits per heavy atom. The lowest BCUT2D eigenvalue weighted by molar-refractivity contribution is -0.0593. The molecule has 0 N–H and O–H groups in total. The molecule has 3 saturated heterocycles. The highest BCUT2D eigenvalue weighted by Gasteiger charge is 2.36. The van der Waals surface area contributed by atoms with Crippen LogP contribution in [0.4, 0.5) is 17.5 Å². The van der Waals surface area contributed by atoms with E-state index in [-0.39, 0.29) is 29.6 Å². The second kappa shape index (κ2) is 26.4. The van der Waals surface area contributed by atoms with E-state index in [0.717, 1.165) is 61.6 Å². The number of aromatic nitrogens is 21. The maximum atomic E-state index is 14.2. The Balaban J connectivity index is 0.665. The maximum Gasteiger partial charge on any atom is 0.328 e. The van der Waals surface area contributed by atoms with Gasteiger partial charge in [0.05, 0.1) is 144 Å². The predicted molar refractivity (Wildman–Crippen MR) is 411 cm³/mol. The first-order valence-electron chi connectivity index (χ1n) is 36.1. The van der Waals surface area contributed by atoms with Crippen molar-refractivity contribution in [2.24, 2.45) is 48.2 Å². The van der Waals surface area contributed by atoms with Crippen LogP contribution in [0.1, 0.15) is 43.3 Å². The molecule has 18 rings (SSSR count). The zero-order valence-electron chi connectivity index (χ0n) is 62.2. The average Bonchev–Trinajstić information content (AvgIpc) is 1.63. The molecule has 32 nitrogen and oxygen atoms in total. The molecule has 18 heterocycles. The third-order valence-corrected chi connectivity index (χ3v) is 22.2. The van der Waals surface area contributed by atoms with Crippen molar-refractivity contribution in [3.63, 3.8) is 0 Å². The van der Waals surface area contributed by atoms with Gasteiger partial charge in [0, 0.05) is 159 Å². The number of morpholine rings is 1. The highest BCUT2D eigenvalue weighted by Crippen LogP contribution is 2.41. The van der Waals surface area contributed by atoms with Crippen LogP contribution >= 0.6 is 0 Å². The molecular formula is C77H78N24O8. The van der Waals surface area contributed by atoms with Crippen molar-refractivity contribution >= 4 is 83.3 Å². The number of ether oxygens (including phenoxy) is 5. The van der Waals surface area contributed by atoms with Gasteiger partial charge in [-0.25, -0.2) is 48.4 Å². The molecule has 1 atom stereocenters. The quantitative estimate of drug-likeness (QED) is 0.0845. The van der Waals surface area contributed by atoms with E-state index in [1.807, 2.05) is 71.0 Å². The van der Waals surface area contributed by atoms with Crippen molar-refractivity contribution in [2.75, 3.05) is 88.5 Å². The summed E-state index contributed by atoms with van der Waals surface area (Å²) in [5.41, 5.74) is 11.6. The number of imidazole rings is 3. The fraction of sp³-hybridized carbons (Fsp3) is 0.338. The van der Waals surface area contributed by atoms with Gasteiger partial charge >= 0.3 is 17.1 Å². The molecule has 109 heavy (non-hydrogen) atoms. The van der Waals surface area contributed by atoms with E-state index in [1.165, 1.54) is 0 Å². The molecule has 0 spiro atoms. The zero-order chi connectivity index (χ0) is 75.0. The molecule has 3 fully saturated rings. The fourth-order valence-electron chi connectivity index (χ4n) is 16.1. The van der Waals surface area contributed by atoms with Gasteiger partial charge in [-0.05, 0) is 81.8 Å². The summed E-state index contributed by atoms with van der Waals surface area (Å²) in [6.07, 6.45) is 18.3. The van der Waals surface area contributed by atoms with Crippen LogP contribution in [-0.2, 0) is 64.8 Å². The van der Waals surface area contributed by atoms with E-state index in [4.69, 9.17) is 68.9 Å². The number of fused-ring (bicyclic) bond motifs is 6. The van der Waals surface area contributed by atoms with Crippen molar-refractivity contribution < 1.29 is 23.7 Å². The third-order valence-electron chi connectivity index (χ3n) is 22.2. The Kier molecular flexibility index (Phi) is 16.5. The summed E-state index contributed by atoms with van der Waals surface area (Å²) >= 11 is 0. The number of hydrogen-bond donors (Lipinski definition) is 0. The van der Waals surface area contributed by atoms with Crippen LogP contribution in [0.3, 0.4) is 0 Å². The molecule has 32 heteroatoms. The van der Waals surface area contributed by atoms with Crippen LogP contribution in [0, 0.1) is 12.8 Å². The van der Waals surface area contributed by atoms with Crippen molar-refractivity contribution in [1.82, 2.24) is 102 Å². The Labute approximate surface area is 621 Å². The Bertz CT molecular complexity index is 6400. The second-order valence-electron chi connectivity index (χ2n) is 28.5. The highest BCUT2D eigenvalue weighted by atomic mass is 16.5. The summed E-state index contributed by atoms with van der Waals surface area (Å²) in [4.78, 5) is 93.5. The minimum Gasteiger partial charge on any atom is -0.496 e. The topological polar surface area (TPSA) is 306 Å². The number of hydrogen-bond acceptors (Lipinski definition) is 23. The normalized spacial score (nSPS) is 15.6. The number of pyridine rings is 9. The summed E-state index contributed by atoms with van der Waals surface area (Å²) < 4.78 is 45.8. The van der Waals surface area contributed by atoms with Gasteiger partial charge in [0.1, 0.15) is 33.8 Å². The van der Waals surface area contributed by atoms with Gasteiger partial charge in [-0.15, -0.1) is 0 Å². The molecule has 1 unspecified atom stereocenters. The molecule has 0 radical (unpaired) electrons. The SMILES string of the molecule is COc1ccncc1-c1cc2c(cnn2-c2cc3c(c(N4CCC(C)(OCc5nc(-c6cnccc6OC)cc6c5cnn6-c5cc6c(c(N7CCC(Cc8nc(-c9cnccc9OC)cc9c8cnn9-c8cc9c(c(N%10CCOCC%10)n8)n(C)c(=O)n9C)C7)n5)n(C)c(=O)n6C)CC4)n2)n(C)c(=O)n3C)c(C)n1. The van der Waals surface area contributed by atoms with E-state index < -0.39 is 5.60 Å². The van der Waals surface area contributed by atoms with Crippen LogP contribution in [0.25, 0.3) is 117 Å². The molecule has 0 amide bonds. The highest BCUT2D eigenvalue weighted by molar-refractivity contribution is 5.95. The predicted octanol–water partition coefficient (Wildman–Crippen LogP) is 7.65. The number of methoxy groups -OCH3 is 3. The van der Waals surface area contributed by atoms with E-state index in [1.54, 1.807) is 151 Å². The molecule has 3 aliphatic rings. The van der Waals surface area contributed by atoms with Gasteiger partial charge in [0.25, 0.3) is 0 Å². The van der Waals surface area contributed by atoms with Gasteiger partial charge in [-0.2, -0.15) is 15.3 Å². The monoisotopic (exact) mass is 1470 g/mol. The van der Waals surface area contributed by atoms with Crippen LogP contribution in [-0.4, -0.2) is 181 Å². The smallest absolute Gasteiger partial charge is 0.328 e. The largest absolute Gasteiger partial charge is 0.496 e. The molecule has 0 aromatic carbocycles. The lowest BCUT2D eigenvalue weighted by atomic mass is 9.93. The van der Waals surface area contributed by atoms with Gasteiger partial charge < -0.3 is 38.4 Å². The molecule has 0 bridgehead atoms. The molecule has 15 aromatic rings. The van der Waals surface area contributed by atoms with Crippen LogP contribution in [0.2, 0.25) is 0 Å². The summed E-state index contributed by atoms with van der Waals surface area (Å²) in [6, 6.07) is 17.1. The molecule has 3 aliphatic heterocycles. The minimum atomic E-state index is -0.631. The molecule has 0 saturated carbocycles. The summed E-state index contributed by atoms with van der Waals surface area (Å²) in [6.45, 7) is 8.80. The molecule has 554 valence electrons. The van der Waals surface area contributed by atoms with Crippen molar-refractivity contribution in [1.29, 1.82) is 0 Å². The Morgan fingerprint density at radius 1 is 0.459 bits per heavy atom. The first kappa shape index (κ1) is 68.1. The third kappa shape index (κ3) is 11.2. The maximum absolute atomic E-state index is 14.2. The van der Waals surface area contributed by atoms with E-state index >= 15 is 0 Å². The van der Waals surface area contributed by atoms with Gasteiger partial charge in [-0.3, -0.25) is 52.3 Å². The van der Waals surface area contributed by atoms with Crippen LogP contribution < -0.4 is 46.0 Å². The van der Waals surface area contributed by atoms with Crippen LogP contribution in [0.5, 0.6) is 17.2 Å².